The molecule has 15 heavy (non-hydrogen) atoms. The molecular formula is C12H16ClNO. The zero-order chi connectivity index (χ0) is 11.4. The number of halogens is 1. The van der Waals surface area contributed by atoms with Crippen molar-refractivity contribution >= 4 is 17.3 Å². The second-order valence-corrected chi connectivity index (χ2v) is 5.20. The number of nitrogens with two attached hydrogens (primary N) is 1. The standard InChI is InChI=1S/C12H16ClNO/c1-6-8-5-12(3,4)15-11(8)10(14)7(2)9(6)13/h5,14H2,1-4H3. The molecule has 0 aromatic heterocycles. The van der Waals surface area contributed by atoms with E-state index in [0.29, 0.717) is 5.69 Å². The van der Waals surface area contributed by atoms with Crippen molar-refractivity contribution in [1.82, 2.24) is 0 Å². The Morgan fingerprint density at radius 1 is 1.27 bits per heavy atom. The molecule has 1 aromatic carbocycles. The molecule has 0 amide bonds. The minimum Gasteiger partial charge on any atom is -0.485 e. The maximum atomic E-state index is 6.22. The lowest BCUT2D eigenvalue weighted by molar-refractivity contribution is 0.139. The van der Waals surface area contributed by atoms with Gasteiger partial charge in [-0.05, 0) is 38.8 Å². The Hall–Kier alpha value is -0.890. The number of benzene rings is 1. The Kier molecular flexibility index (Phi) is 2.16. The summed E-state index contributed by atoms with van der Waals surface area (Å²) in [6, 6.07) is 0. The van der Waals surface area contributed by atoms with E-state index < -0.39 is 0 Å². The highest BCUT2D eigenvalue weighted by Crippen LogP contribution is 2.45. The quantitative estimate of drug-likeness (QED) is 0.688. The van der Waals surface area contributed by atoms with Crippen LogP contribution in [0.3, 0.4) is 0 Å². The lowest BCUT2D eigenvalue weighted by Crippen LogP contribution is -2.25. The number of ether oxygens (including phenoxy) is 1. The predicted molar refractivity (Wildman–Crippen MR) is 63.7 cm³/mol. The van der Waals surface area contributed by atoms with Crippen molar-refractivity contribution in [1.29, 1.82) is 0 Å². The Balaban J connectivity index is 2.69. The molecule has 1 aromatic rings. The molecule has 82 valence electrons. The summed E-state index contributed by atoms with van der Waals surface area (Å²) in [5.74, 6) is 0.833. The van der Waals surface area contributed by atoms with Crippen LogP contribution in [0.2, 0.25) is 5.02 Å². The summed E-state index contributed by atoms with van der Waals surface area (Å²) in [5, 5.41) is 0.771. The Bertz CT molecular complexity index is 399. The minimum absolute atomic E-state index is 0.168. The number of hydrogen-bond donors (Lipinski definition) is 1. The summed E-state index contributed by atoms with van der Waals surface area (Å²) in [6.45, 7) is 8.09. The summed E-state index contributed by atoms with van der Waals surface area (Å²) in [5.41, 5.74) is 9.72. The van der Waals surface area contributed by atoms with Crippen LogP contribution in [0.5, 0.6) is 5.75 Å². The van der Waals surface area contributed by atoms with Crippen LogP contribution in [-0.4, -0.2) is 5.60 Å². The summed E-state index contributed by atoms with van der Waals surface area (Å²) >= 11 is 6.22. The maximum Gasteiger partial charge on any atom is 0.146 e. The van der Waals surface area contributed by atoms with E-state index in [1.165, 1.54) is 0 Å². The molecule has 0 bridgehead atoms. The molecule has 1 aliphatic rings. The van der Waals surface area contributed by atoms with Crippen LogP contribution >= 0.6 is 11.6 Å². The molecule has 1 aliphatic heterocycles. The van der Waals surface area contributed by atoms with Crippen LogP contribution in [0.15, 0.2) is 0 Å². The van der Waals surface area contributed by atoms with Gasteiger partial charge in [-0.25, -0.2) is 0 Å². The summed E-state index contributed by atoms with van der Waals surface area (Å²) in [4.78, 5) is 0. The van der Waals surface area contributed by atoms with Crippen molar-refractivity contribution in [3.63, 3.8) is 0 Å². The average Bonchev–Trinajstić information content (AvgIpc) is 2.48. The van der Waals surface area contributed by atoms with Gasteiger partial charge in [-0.3, -0.25) is 0 Å². The third-order valence-corrected chi connectivity index (χ3v) is 3.58. The van der Waals surface area contributed by atoms with E-state index in [1.54, 1.807) is 0 Å². The largest absolute Gasteiger partial charge is 0.485 e. The molecule has 3 heteroatoms. The third-order valence-electron chi connectivity index (χ3n) is 3.01. The normalized spacial score (nSPS) is 17.4. The highest BCUT2D eigenvalue weighted by Gasteiger charge is 2.34. The molecular weight excluding hydrogens is 210 g/mol. The zero-order valence-electron chi connectivity index (χ0n) is 9.57. The third kappa shape index (κ3) is 1.48. The van der Waals surface area contributed by atoms with E-state index in [4.69, 9.17) is 22.1 Å². The number of fused-ring (bicyclic) bond motifs is 1. The summed E-state index contributed by atoms with van der Waals surface area (Å²) < 4.78 is 5.86. The SMILES string of the molecule is Cc1c(N)c2c(c(C)c1Cl)CC(C)(C)O2. The van der Waals surface area contributed by atoms with Gasteiger partial charge in [-0.1, -0.05) is 11.6 Å². The van der Waals surface area contributed by atoms with E-state index in [9.17, 15) is 0 Å². The monoisotopic (exact) mass is 225 g/mol. The summed E-state index contributed by atoms with van der Waals surface area (Å²) in [7, 11) is 0. The number of nitrogen functional groups attached to an aromatic ring is 1. The number of anilines is 1. The van der Waals surface area contributed by atoms with Gasteiger partial charge in [-0.2, -0.15) is 0 Å². The fourth-order valence-electron chi connectivity index (χ4n) is 2.10. The predicted octanol–water partition coefficient (Wildman–Crippen LogP) is 3.25. The van der Waals surface area contributed by atoms with Gasteiger partial charge in [0, 0.05) is 17.0 Å². The van der Waals surface area contributed by atoms with Crippen LogP contribution in [0.1, 0.15) is 30.5 Å². The molecule has 2 rings (SSSR count). The van der Waals surface area contributed by atoms with Crippen LogP contribution in [-0.2, 0) is 6.42 Å². The molecule has 0 saturated heterocycles. The Morgan fingerprint density at radius 2 is 1.87 bits per heavy atom. The van der Waals surface area contributed by atoms with E-state index in [2.05, 4.69) is 13.8 Å². The first kappa shape index (κ1) is 10.6. The molecule has 0 atom stereocenters. The Labute approximate surface area is 95.4 Å². The van der Waals surface area contributed by atoms with Gasteiger partial charge < -0.3 is 10.5 Å². The molecule has 0 fully saturated rings. The Morgan fingerprint density at radius 3 is 2.47 bits per heavy atom. The maximum absolute atomic E-state index is 6.22. The highest BCUT2D eigenvalue weighted by atomic mass is 35.5. The number of rotatable bonds is 0. The van der Waals surface area contributed by atoms with Gasteiger partial charge in [0.05, 0.1) is 5.69 Å². The summed E-state index contributed by atoms with van der Waals surface area (Å²) in [6.07, 6.45) is 0.873. The average molecular weight is 226 g/mol. The molecule has 0 spiro atoms. The van der Waals surface area contributed by atoms with Crippen LogP contribution in [0.4, 0.5) is 5.69 Å². The van der Waals surface area contributed by atoms with Crippen molar-refractivity contribution < 1.29 is 4.74 Å². The van der Waals surface area contributed by atoms with Crippen molar-refractivity contribution in [2.75, 3.05) is 5.73 Å². The topological polar surface area (TPSA) is 35.2 Å². The molecule has 0 aliphatic carbocycles. The van der Waals surface area contributed by atoms with Crippen LogP contribution < -0.4 is 10.5 Å². The molecule has 0 radical (unpaired) electrons. The fraction of sp³-hybridized carbons (Fsp3) is 0.500. The first-order chi connectivity index (χ1) is 6.83. The second kappa shape index (κ2) is 3.05. The van der Waals surface area contributed by atoms with E-state index in [0.717, 1.165) is 33.9 Å². The molecule has 0 unspecified atom stereocenters. The van der Waals surface area contributed by atoms with Gasteiger partial charge in [0.25, 0.3) is 0 Å². The minimum atomic E-state index is -0.168. The second-order valence-electron chi connectivity index (χ2n) is 4.82. The molecule has 2 N–H and O–H groups in total. The number of hydrogen-bond acceptors (Lipinski definition) is 2. The van der Waals surface area contributed by atoms with Gasteiger partial charge in [0.1, 0.15) is 11.4 Å². The van der Waals surface area contributed by atoms with Gasteiger partial charge >= 0.3 is 0 Å². The first-order valence-electron chi connectivity index (χ1n) is 5.09. The fourth-order valence-corrected chi connectivity index (χ4v) is 2.32. The molecule has 1 heterocycles. The van der Waals surface area contributed by atoms with Crippen molar-refractivity contribution in [2.45, 2.75) is 39.7 Å². The zero-order valence-corrected chi connectivity index (χ0v) is 10.3. The molecule has 2 nitrogen and oxygen atoms in total. The highest BCUT2D eigenvalue weighted by molar-refractivity contribution is 6.32. The van der Waals surface area contributed by atoms with Gasteiger partial charge in [0.2, 0.25) is 0 Å². The first-order valence-corrected chi connectivity index (χ1v) is 5.47. The van der Waals surface area contributed by atoms with E-state index in [1.807, 2.05) is 13.8 Å². The van der Waals surface area contributed by atoms with Crippen molar-refractivity contribution in [3.8, 4) is 5.75 Å². The lowest BCUT2D eigenvalue weighted by atomic mass is 9.96. The van der Waals surface area contributed by atoms with E-state index >= 15 is 0 Å². The van der Waals surface area contributed by atoms with Gasteiger partial charge in [-0.15, -0.1) is 0 Å². The van der Waals surface area contributed by atoms with Crippen LogP contribution in [0.25, 0.3) is 0 Å². The van der Waals surface area contributed by atoms with Crippen molar-refractivity contribution in [3.05, 3.63) is 21.7 Å². The van der Waals surface area contributed by atoms with Crippen LogP contribution in [0, 0.1) is 13.8 Å². The lowest BCUT2D eigenvalue weighted by Gasteiger charge is -2.17. The molecule has 0 saturated carbocycles. The van der Waals surface area contributed by atoms with E-state index in [-0.39, 0.29) is 5.60 Å². The van der Waals surface area contributed by atoms with Crippen molar-refractivity contribution in [2.24, 2.45) is 0 Å². The smallest absolute Gasteiger partial charge is 0.146 e. The van der Waals surface area contributed by atoms with Gasteiger partial charge in [0.15, 0.2) is 0 Å².